The molecule has 0 radical (unpaired) electrons. The molecule has 3 rings (SSSR count). The van der Waals surface area contributed by atoms with E-state index in [9.17, 15) is 4.39 Å². The summed E-state index contributed by atoms with van der Waals surface area (Å²) in [6, 6.07) is 4.92. The zero-order chi connectivity index (χ0) is 14.1. The number of aromatic nitrogens is 1. The second kappa shape index (κ2) is 5.82. The largest absolute Gasteiger partial charge is 0.389 e. The molecule has 2 N–H and O–H groups in total. The first kappa shape index (κ1) is 14.0. The smallest absolute Gasteiger partial charge is 0.137 e. The van der Waals surface area contributed by atoms with Gasteiger partial charge < -0.3 is 5.73 Å². The third kappa shape index (κ3) is 2.74. The Labute approximate surface area is 130 Å². The lowest BCUT2D eigenvalue weighted by atomic mass is 9.90. The topological polar surface area (TPSA) is 38.9 Å². The molecule has 1 aliphatic carbocycles. The predicted molar refractivity (Wildman–Crippen MR) is 85.4 cm³/mol. The summed E-state index contributed by atoms with van der Waals surface area (Å²) in [4.78, 5) is 4.72. The molecule has 1 aromatic carbocycles. The molecule has 1 aromatic heterocycles. The molecule has 1 saturated carbocycles. The monoisotopic (exact) mass is 354 g/mol. The number of hydrogen-bond donors (Lipinski definition) is 1. The molecule has 0 atom stereocenters. The van der Waals surface area contributed by atoms with Crippen LogP contribution >= 0.6 is 27.3 Å². The van der Waals surface area contributed by atoms with Crippen LogP contribution in [-0.4, -0.2) is 4.98 Å². The Kier molecular flexibility index (Phi) is 4.08. The summed E-state index contributed by atoms with van der Waals surface area (Å²) in [6.45, 7) is 0. The number of nitrogens with zero attached hydrogens (tertiary/aromatic N) is 1. The fourth-order valence-electron chi connectivity index (χ4n) is 2.72. The zero-order valence-electron chi connectivity index (χ0n) is 11.0. The van der Waals surface area contributed by atoms with Crippen LogP contribution in [0.25, 0.3) is 11.3 Å². The Morgan fingerprint density at radius 3 is 2.70 bits per heavy atom. The summed E-state index contributed by atoms with van der Waals surface area (Å²) < 4.78 is 13.8. The lowest BCUT2D eigenvalue weighted by Gasteiger charge is -2.18. The van der Waals surface area contributed by atoms with E-state index in [0.29, 0.717) is 10.4 Å². The lowest BCUT2D eigenvalue weighted by Crippen LogP contribution is -2.03. The van der Waals surface area contributed by atoms with Gasteiger partial charge in [0.15, 0.2) is 0 Å². The number of anilines is 1. The zero-order valence-corrected chi connectivity index (χ0v) is 13.4. The van der Waals surface area contributed by atoms with Crippen molar-refractivity contribution in [3.8, 4) is 11.3 Å². The van der Waals surface area contributed by atoms with Crippen molar-refractivity contribution in [1.29, 1.82) is 0 Å². The lowest BCUT2D eigenvalue weighted by molar-refractivity contribution is 0.442. The summed E-state index contributed by atoms with van der Waals surface area (Å²) in [7, 11) is 0. The Morgan fingerprint density at radius 2 is 2.00 bits per heavy atom. The molecular formula is C15H16BrFN2S. The first-order chi connectivity index (χ1) is 9.65. The van der Waals surface area contributed by atoms with E-state index in [1.54, 1.807) is 23.5 Å². The molecule has 2 nitrogen and oxygen atoms in total. The minimum atomic E-state index is -0.268. The van der Waals surface area contributed by atoms with Crippen molar-refractivity contribution >= 4 is 32.3 Å². The van der Waals surface area contributed by atoms with E-state index in [4.69, 9.17) is 10.7 Å². The number of halogens is 2. The number of benzene rings is 1. The van der Waals surface area contributed by atoms with Crippen LogP contribution in [0.1, 0.15) is 43.0 Å². The van der Waals surface area contributed by atoms with Gasteiger partial charge in [-0.3, -0.25) is 0 Å². The highest BCUT2D eigenvalue weighted by atomic mass is 79.9. The van der Waals surface area contributed by atoms with Gasteiger partial charge in [-0.15, -0.1) is 11.3 Å². The van der Waals surface area contributed by atoms with Crippen LogP contribution in [0.4, 0.5) is 9.39 Å². The fourth-order valence-corrected chi connectivity index (χ4v) is 4.13. The van der Waals surface area contributed by atoms with E-state index >= 15 is 0 Å². The predicted octanol–water partition coefficient (Wildman–Crippen LogP) is 5.34. The molecule has 106 valence electrons. The van der Waals surface area contributed by atoms with Gasteiger partial charge in [-0.05, 0) is 47.0 Å². The third-order valence-electron chi connectivity index (χ3n) is 3.82. The van der Waals surface area contributed by atoms with E-state index in [-0.39, 0.29) is 5.82 Å². The summed E-state index contributed by atoms with van der Waals surface area (Å²) in [5.74, 6) is 0.281. The molecule has 1 fully saturated rings. The number of nitrogen functional groups attached to an aromatic ring is 1. The second-order valence-corrected chi connectivity index (χ2v) is 7.15. The fraction of sp³-hybridized carbons (Fsp3) is 0.400. The molecule has 20 heavy (non-hydrogen) atoms. The second-order valence-electron chi connectivity index (χ2n) is 5.23. The molecule has 0 unspecified atom stereocenters. The van der Waals surface area contributed by atoms with Gasteiger partial charge in [0.1, 0.15) is 16.5 Å². The Hall–Kier alpha value is -0.940. The van der Waals surface area contributed by atoms with Gasteiger partial charge in [0, 0.05) is 11.5 Å². The quantitative estimate of drug-likeness (QED) is 0.790. The molecular weight excluding hydrogens is 339 g/mol. The van der Waals surface area contributed by atoms with E-state index in [2.05, 4.69) is 15.9 Å². The summed E-state index contributed by atoms with van der Waals surface area (Å²) >= 11 is 4.79. The van der Waals surface area contributed by atoms with Crippen LogP contribution in [0.2, 0.25) is 0 Å². The number of thiazole rings is 1. The average Bonchev–Trinajstić information content (AvgIpc) is 2.85. The first-order valence-corrected chi connectivity index (χ1v) is 8.47. The van der Waals surface area contributed by atoms with Crippen LogP contribution < -0.4 is 5.73 Å². The van der Waals surface area contributed by atoms with Gasteiger partial charge >= 0.3 is 0 Å². The van der Waals surface area contributed by atoms with Gasteiger partial charge in [0.25, 0.3) is 0 Å². The summed E-state index contributed by atoms with van der Waals surface area (Å²) in [5.41, 5.74) is 7.77. The normalized spacial score (nSPS) is 16.5. The Balaban J connectivity index is 1.93. The Morgan fingerprint density at radius 1 is 1.25 bits per heavy atom. The maximum atomic E-state index is 13.3. The summed E-state index contributed by atoms with van der Waals surface area (Å²) in [5, 5.41) is 1.86. The molecule has 0 bridgehead atoms. The van der Waals surface area contributed by atoms with Gasteiger partial charge in [0.2, 0.25) is 0 Å². The van der Waals surface area contributed by atoms with Crippen molar-refractivity contribution in [1.82, 2.24) is 4.98 Å². The molecule has 0 saturated heterocycles. The third-order valence-corrected chi connectivity index (χ3v) is 5.47. The van der Waals surface area contributed by atoms with Crippen molar-refractivity contribution in [2.24, 2.45) is 0 Å². The molecule has 0 spiro atoms. The summed E-state index contributed by atoms with van der Waals surface area (Å²) in [6.07, 6.45) is 6.30. The van der Waals surface area contributed by atoms with Crippen LogP contribution in [0.5, 0.6) is 0 Å². The highest BCUT2D eigenvalue weighted by molar-refractivity contribution is 9.10. The highest BCUT2D eigenvalue weighted by Gasteiger charge is 2.21. The highest BCUT2D eigenvalue weighted by Crippen LogP contribution is 2.40. The van der Waals surface area contributed by atoms with Gasteiger partial charge in [-0.25, -0.2) is 9.37 Å². The van der Waals surface area contributed by atoms with E-state index in [1.165, 1.54) is 38.2 Å². The van der Waals surface area contributed by atoms with Crippen LogP contribution in [0, 0.1) is 5.82 Å². The van der Waals surface area contributed by atoms with Crippen molar-refractivity contribution in [3.63, 3.8) is 0 Å². The number of hydrogen-bond acceptors (Lipinski definition) is 3. The van der Waals surface area contributed by atoms with Gasteiger partial charge in [-0.1, -0.05) is 19.3 Å². The van der Waals surface area contributed by atoms with E-state index < -0.39 is 0 Å². The van der Waals surface area contributed by atoms with Crippen molar-refractivity contribution in [2.75, 3.05) is 5.73 Å². The van der Waals surface area contributed by atoms with Gasteiger partial charge in [0.05, 0.1) is 9.48 Å². The van der Waals surface area contributed by atoms with Crippen LogP contribution in [-0.2, 0) is 0 Å². The van der Waals surface area contributed by atoms with Crippen molar-refractivity contribution in [3.05, 3.63) is 33.5 Å². The average molecular weight is 355 g/mol. The molecule has 5 heteroatoms. The SMILES string of the molecule is Nc1sc(C2CCCCC2)nc1-c1ccc(F)c(Br)c1. The number of nitrogens with two attached hydrogens (primary N) is 1. The van der Waals surface area contributed by atoms with Crippen LogP contribution in [0.3, 0.4) is 0 Å². The van der Waals surface area contributed by atoms with Crippen LogP contribution in [0.15, 0.2) is 22.7 Å². The maximum absolute atomic E-state index is 13.3. The minimum absolute atomic E-state index is 0.268. The molecule has 0 aliphatic heterocycles. The molecule has 2 aromatic rings. The van der Waals surface area contributed by atoms with Crippen molar-refractivity contribution < 1.29 is 4.39 Å². The minimum Gasteiger partial charge on any atom is -0.389 e. The van der Waals surface area contributed by atoms with Gasteiger partial charge in [-0.2, -0.15) is 0 Å². The van der Waals surface area contributed by atoms with E-state index in [1.807, 2.05) is 0 Å². The number of rotatable bonds is 2. The molecule has 1 heterocycles. The van der Waals surface area contributed by atoms with E-state index in [0.717, 1.165) is 21.3 Å². The first-order valence-electron chi connectivity index (χ1n) is 6.87. The Bertz CT molecular complexity index is 620. The standard InChI is InChI=1S/C15H16BrFN2S/c16-11-8-10(6-7-12(11)17)13-14(18)20-15(19-13)9-4-2-1-3-5-9/h6-9H,1-5,18H2. The maximum Gasteiger partial charge on any atom is 0.137 e. The molecule has 1 aliphatic rings. The van der Waals surface area contributed by atoms with Crippen molar-refractivity contribution in [2.45, 2.75) is 38.0 Å². The molecule has 0 amide bonds.